The molecule has 0 fully saturated rings. The van der Waals surface area contributed by atoms with Crippen molar-refractivity contribution in [3.05, 3.63) is 41.1 Å². The number of carbonyl (C=O) groups excluding carboxylic acids is 1. The molecular formula is C13H12N4O5. The monoisotopic (exact) mass is 304 g/mol. The summed E-state index contributed by atoms with van der Waals surface area (Å²) in [6.45, 7) is 0. The Morgan fingerprint density at radius 1 is 1.14 bits per heavy atom. The SMILES string of the molecule is Cn1ncc(C(=O)Nc2cc(C(=O)O)cc(C(=O)O)c2)c1N. The van der Waals surface area contributed by atoms with E-state index in [0.29, 0.717) is 0 Å². The normalized spacial score (nSPS) is 10.2. The average molecular weight is 304 g/mol. The molecule has 1 aromatic carbocycles. The van der Waals surface area contributed by atoms with Crippen LogP contribution in [-0.2, 0) is 7.05 Å². The van der Waals surface area contributed by atoms with Crippen molar-refractivity contribution < 1.29 is 24.6 Å². The van der Waals surface area contributed by atoms with Crippen LogP contribution in [0.1, 0.15) is 31.1 Å². The Morgan fingerprint density at radius 3 is 2.09 bits per heavy atom. The number of aryl methyl sites for hydroxylation is 1. The first-order chi connectivity index (χ1) is 10.3. The molecule has 22 heavy (non-hydrogen) atoms. The van der Waals surface area contributed by atoms with Crippen LogP contribution in [0, 0.1) is 0 Å². The summed E-state index contributed by atoms with van der Waals surface area (Å²) in [5.74, 6) is -3.10. The molecule has 1 aromatic heterocycles. The number of nitrogens with two attached hydrogens (primary N) is 1. The van der Waals surface area contributed by atoms with E-state index in [1.54, 1.807) is 7.05 Å². The fraction of sp³-hybridized carbons (Fsp3) is 0.0769. The van der Waals surface area contributed by atoms with Gasteiger partial charge in [0.25, 0.3) is 5.91 Å². The van der Waals surface area contributed by atoms with E-state index in [-0.39, 0.29) is 28.2 Å². The number of carboxylic acid groups (broad SMARTS) is 2. The molecule has 2 rings (SSSR count). The van der Waals surface area contributed by atoms with Crippen molar-refractivity contribution in [2.75, 3.05) is 11.1 Å². The maximum Gasteiger partial charge on any atom is 0.335 e. The maximum atomic E-state index is 12.1. The topological polar surface area (TPSA) is 148 Å². The lowest BCUT2D eigenvalue weighted by Gasteiger charge is -2.07. The molecule has 0 spiro atoms. The number of hydrogen-bond donors (Lipinski definition) is 4. The minimum atomic E-state index is -1.31. The second-order valence-electron chi connectivity index (χ2n) is 4.43. The Hall–Kier alpha value is -3.36. The second kappa shape index (κ2) is 5.56. The van der Waals surface area contributed by atoms with Crippen LogP contribution in [0.15, 0.2) is 24.4 Å². The highest BCUT2D eigenvalue weighted by Gasteiger charge is 2.16. The molecule has 2 aromatic rings. The van der Waals surface area contributed by atoms with Gasteiger partial charge in [-0.15, -0.1) is 0 Å². The van der Waals surface area contributed by atoms with Crippen molar-refractivity contribution in [2.24, 2.45) is 7.05 Å². The van der Waals surface area contributed by atoms with Crippen molar-refractivity contribution in [1.29, 1.82) is 0 Å². The highest BCUT2D eigenvalue weighted by molar-refractivity contribution is 6.08. The molecule has 114 valence electrons. The number of aromatic nitrogens is 2. The lowest BCUT2D eigenvalue weighted by Crippen LogP contribution is -2.15. The number of nitrogens with zero attached hydrogens (tertiary/aromatic N) is 2. The van der Waals surface area contributed by atoms with Gasteiger partial charge in [-0.25, -0.2) is 9.59 Å². The summed E-state index contributed by atoms with van der Waals surface area (Å²) < 4.78 is 1.30. The van der Waals surface area contributed by atoms with Gasteiger partial charge in [-0.1, -0.05) is 0 Å². The maximum absolute atomic E-state index is 12.1. The second-order valence-corrected chi connectivity index (χ2v) is 4.43. The van der Waals surface area contributed by atoms with E-state index >= 15 is 0 Å². The third-order valence-electron chi connectivity index (χ3n) is 2.91. The van der Waals surface area contributed by atoms with Gasteiger partial charge in [-0.2, -0.15) is 5.10 Å². The number of carbonyl (C=O) groups is 3. The number of carboxylic acids is 2. The number of rotatable bonds is 4. The average Bonchev–Trinajstić information content (AvgIpc) is 2.78. The fourth-order valence-corrected chi connectivity index (χ4v) is 1.77. The first-order valence-electron chi connectivity index (χ1n) is 6.00. The van der Waals surface area contributed by atoms with E-state index in [1.165, 1.54) is 10.9 Å². The molecule has 9 nitrogen and oxygen atoms in total. The van der Waals surface area contributed by atoms with Crippen molar-refractivity contribution >= 4 is 29.4 Å². The summed E-state index contributed by atoms with van der Waals surface area (Å²) >= 11 is 0. The largest absolute Gasteiger partial charge is 0.478 e. The standard InChI is InChI=1S/C13H12N4O5/c1-17-10(14)9(5-15-17)11(18)16-8-3-6(12(19)20)2-7(4-8)13(21)22/h2-5H,14H2,1H3,(H,16,18)(H,19,20)(H,21,22). The van der Waals surface area contributed by atoms with Crippen molar-refractivity contribution in [3.63, 3.8) is 0 Å². The zero-order valence-electron chi connectivity index (χ0n) is 11.4. The third-order valence-corrected chi connectivity index (χ3v) is 2.91. The number of hydrogen-bond acceptors (Lipinski definition) is 5. The molecular weight excluding hydrogens is 292 g/mol. The van der Waals surface area contributed by atoms with E-state index < -0.39 is 17.8 Å². The number of amides is 1. The predicted molar refractivity (Wildman–Crippen MR) is 75.9 cm³/mol. The van der Waals surface area contributed by atoms with Gasteiger partial charge >= 0.3 is 11.9 Å². The number of aromatic carboxylic acids is 2. The Bertz CT molecular complexity index is 748. The third kappa shape index (κ3) is 2.87. The van der Waals surface area contributed by atoms with Gasteiger partial charge in [-0.05, 0) is 18.2 Å². The van der Waals surface area contributed by atoms with Crippen molar-refractivity contribution in [3.8, 4) is 0 Å². The van der Waals surface area contributed by atoms with Crippen LogP contribution in [-0.4, -0.2) is 37.8 Å². The summed E-state index contributed by atoms with van der Waals surface area (Å²) in [4.78, 5) is 34.1. The molecule has 9 heteroatoms. The van der Waals surface area contributed by atoms with Crippen molar-refractivity contribution in [1.82, 2.24) is 9.78 Å². The zero-order chi connectivity index (χ0) is 16.4. The number of anilines is 2. The van der Waals surface area contributed by atoms with Crippen molar-refractivity contribution in [2.45, 2.75) is 0 Å². The molecule has 0 aliphatic carbocycles. The molecule has 0 saturated carbocycles. The molecule has 0 bridgehead atoms. The fourth-order valence-electron chi connectivity index (χ4n) is 1.77. The molecule has 1 heterocycles. The van der Waals surface area contributed by atoms with Gasteiger partial charge < -0.3 is 21.3 Å². The quantitative estimate of drug-likeness (QED) is 0.648. The van der Waals surface area contributed by atoms with E-state index in [9.17, 15) is 14.4 Å². The smallest absolute Gasteiger partial charge is 0.335 e. The Morgan fingerprint density at radius 2 is 1.68 bits per heavy atom. The van der Waals surface area contributed by atoms with Crippen LogP contribution in [0.5, 0.6) is 0 Å². The summed E-state index contributed by atoms with van der Waals surface area (Å²) in [6, 6.07) is 3.30. The first kappa shape index (κ1) is 15.0. The van der Waals surface area contributed by atoms with Gasteiger partial charge in [0, 0.05) is 12.7 Å². The number of nitrogen functional groups attached to an aromatic ring is 1. The Kier molecular flexibility index (Phi) is 3.80. The van der Waals surface area contributed by atoms with E-state index in [2.05, 4.69) is 10.4 Å². The van der Waals surface area contributed by atoms with Crippen LogP contribution in [0.3, 0.4) is 0 Å². The predicted octanol–water partition coefficient (Wildman–Crippen LogP) is 0.651. The van der Waals surface area contributed by atoms with Gasteiger partial charge in [0.2, 0.25) is 0 Å². The zero-order valence-corrected chi connectivity index (χ0v) is 11.4. The summed E-state index contributed by atoms with van der Waals surface area (Å²) in [5, 5.41) is 24.2. The molecule has 0 unspecified atom stereocenters. The first-order valence-corrected chi connectivity index (χ1v) is 6.00. The molecule has 5 N–H and O–H groups in total. The number of nitrogens with one attached hydrogen (secondary N) is 1. The van der Waals surface area contributed by atoms with Gasteiger partial charge in [0.05, 0.1) is 17.3 Å². The minimum Gasteiger partial charge on any atom is -0.478 e. The molecule has 0 atom stereocenters. The van der Waals surface area contributed by atoms with E-state index in [0.717, 1.165) is 18.2 Å². The highest BCUT2D eigenvalue weighted by Crippen LogP contribution is 2.18. The minimum absolute atomic E-state index is 0.0329. The lowest BCUT2D eigenvalue weighted by molar-refractivity contribution is 0.0696. The van der Waals surface area contributed by atoms with Gasteiger partial charge in [0.15, 0.2) is 0 Å². The summed E-state index contributed by atoms with van der Waals surface area (Å²) in [6.07, 6.45) is 1.25. The Labute approximate surface area is 124 Å². The summed E-state index contributed by atoms with van der Waals surface area (Å²) in [5.41, 5.74) is 5.28. The Balaban J connectivity index is 2.36. The molecule has 0 aliphatic rings. The lowest BCUT2D eigenvalue weighted by atomic mass is 10.1. The van der Waals surface area contributed by atoms with Crippen LogP contribution >= 0.6 is 0 Å². The molecule has 0 saturated heterocycles. The van der Waals surface area contributed by atoms with E-state index in [4.69, 9.17) is 15.9 Å². The van der Waals surface area contributed by atoms with Gasteiger partial charge in [-0.3, -0.25) is 9.48 Å². The molecule has 0 radical (unpaired) electrons. The van der Waals surface area contributed by atoms with Gasteiger partial charge in [0.1, 0.15) is 11.4 Å². The van der Waals surface area contributed by atoms with Crippen LogP contribution in [0.4, 0.5) is 11.5 Å². The number of benzene rings is 1. The summed E-state index contributed by atoms with van der Waals surface area (Å²) in [7, 11) is 1.56. The van der Waals surface area contributed by atoms with Crippen LogP contribution < -0.4 is 11.1 Å². The molecule has 0 aliphatic heterocycles. The van der Waals surface area contributed by atoms with Crippen LogP contribution in [0.25, 0.3) is 0 Å². The molecule has 1 amide bonds. The van der Waals surface area contributed by atoms with E-state index in [1.807, 2.05) is 0 Å². The highest BCUT2D eigenvalue weighted by atomic mass is 16.4. The van der Waals surface area contributed by atoms with Crippen LogP contribution in [0.2, 0.25) is 0 Å².